The zero-order chi connectivity index (χ0) is 29.5. The van der Waals surface area contributed by atoms with E-state index >= 15 is 0 Å². The lowest BCUT2D eigenvalue weighted by atomic mass is 9.78. The van der Waals surface area contributed by atoms with E-state index in [4.69, 9.17) is 4.74 Å². The number of piperidine rings is 1. The molecule has 2 aromatic carbocycles. The van der Waals surface area contributed by atoms with Gasteiger partial charge in [0.25, 0.3) is 0 Å². The molecule has 3 aliphatic rings. The lowest BCUT2D eigenvalue weighted by Gasteiger charge is -2.43. The Bertz CT molecular complexity index is 1250. The summed E-state index contributed by atoms with van der Waals surface area (Å²) in [6.07, 6.45) is -10.5. The maximum absolute atomic E-state index is 13.8. The van der Waals surface area contributed by atoms with Gasteiger partial charge in [-0.15, -0.1) is 0 Å². The van der Waals surface area contributed by atoms with Crippen LogP contribution in [0.4, 0.5) is 35.5 Å². The van der Waals surface area contributed by atoms with Gasteiger partial charge in [0, 0.05) is 38.6 Å². The van der Waals surface area contributed by atoms with Crippen molar-refractivity contribution in [3.63, 3.8) is 0 Å². The van der Waals surface area contributed by atoms with Crippen LogP contribution >= 0.6 is 0 Å². The fraction of sp³-hybridized carbons (Fsp3) is 0.500. The maximum atomic E-state index is 13.8. The predicted molar refractivity (Wildman–Crippen MR) is 132 cm³/mol. The normalized spacial score (nSPS) is 23.6. The number of hydrogen-bond acceptors (Lipinski definition) is 4. The zero-order valence-corrected chi connectivity index (χ0v) is 21.8. The lowest BCUT2D eigenvalue weighted by molar-refractivity contribution is -0.143. The Morgan fingerprint density at radius 3 is 2.15 bits per heavy atom. The molecule has 0 spiro atoms. The molecule has 0 bridgehead atoms. The molecule has 0 aromatic heterocycles. The van der Waals surface area contributed by atoms with Crippen molar-refractivity contribution in [3.8, 4) is 0 Å². The van der Waals surface area contributed by atoms with Crippen molar-refractivity contribution in [2.75, 3.05) is 45.9 Å². The third kappa shape index (κ3) is 6.44. The van der Waals surface area contributed by atoms with Gasteiger partial charge in [-0.2, -0.15) is 26.3 Å². The van der Waals surface area contributed by atoms with Crippen LogP contribution in [0.5, 0.6) is 0 Å². The first-order valence-corrected chi connectivity index (χ1v) is 13.3. The van der Waals surface area contributed by atoms with Crippen LogP contribution in [0, 0.1) is 17.7 Å². The third-order valence-corrected chi connectivity index (χ3v) is 8.12. The molecule has 3 aliphatic heterocycles. The summed E-state index contributed by atoms with van der Waals surface area (Å²) in [6, 6.07) is 6.27. The van der Waals surface area contributed by atoms with E-state index < -0.39 is 47.7 Å². The molecule has 0 radical (unpaired) electrons. The first-order chi connectivity index (χ1) is 19.3. The number of ether oxygens (including phenoxy) is 1. The van der Waals surface area contributed by atoms with Crippen molar-refractivity contribution < 1.29 is 45.1 Å². The van der Waals surface area contributed by atoms with Crippen molar-refractivity contribution in [3.05, 3.63) is 70.5 Å². The van der Waals surface area contributed by atoms with Crippen LogP contribution < -0.4 is 0 Å². The van der Waals surface area contributed by atoms with Crippen LogP contribution in [0.3, 0.4) is 0 Å². The van der Waals surface area contributed by atoms with Crippen LogP contribution in [0.2, 0.25) is 0 Å². The molecule has 3 fully saturated rings. The number of cyclic esters (lactones) is 1. The van der Waals surface area contributed by atoms with E-state index in [9.17, 15) is 40.3 Å². The first kappa shape index (κ1) is 29.2. The number of carbonyl (C=O) groups excluding carboxylic acids is 2. The molecule has 5 rings (SSSR count). The summed E-state index contributed by atoms with van der Waals surface area (Å²) in [4.78, 5) is 30.7. The van der Waals surface area contributed by atoms with E-state index in [1.807, 2.05) is 0 Å². The lowest BCUT2D eigenvalue weighted by Crippen LogP contribution is -2.46. The third-order valence-electron chi connectivity index (χ3n) is 8.12. The van der Waals surface area contributed by atoms with Crippen molar-refractivity contribution in [1.29, 1.82) is 0 Å². The number of likely N-dealkylation sites (tertiary alicyclic amines) is 2. The summed E-state index contributed by atoms with van der Waals surface area (Å²) in [5.74, 6) is -1.03. The molecule has 0 aliphatic carbocycles. The van der Waals surface area contributed by atoms with Crippen LogP contribution in [0.1, 0.15) is 34.7 Å². The zero-order valence-electron chi connectivity index (χ0n) is 21.8. The maximum Gasteiger partial charge on any atom is 0.416 e. The van der Waals surface area contributed by atoms with Gasteiger partial charge in [-0.1, -0.05) is 12.1 Å². The van der Waals surface area contributed by atoms with Gasteiger partial charge in [-0.25, -0.2) is 9.18 Å². The second kappa shape index (κ2) is 11.1. The van der Waals surface area contributed by atoms with Gasteiger partial charge in [0.2, 0.25) is 5.91 Å². The minimum atomic E-state index is -5.02. The summed E-state index contributed by atoms with van der Waals surface area (Å²) < 4.78 is 99.0. The van der Waals surface area contributed by atoms with Crippen LogP contribution in [-0.2, 0) is 28.3 Å². The smallest absolute Gasteiger partial charge is 0.416 e. The number of hydrogen-bond donors (Lipinski definition) is 0. The Morgan fingerprint density at radius 1 is 0.902 bits per heavy atom. The monoisotopic (exact) mass is 587 g/mol. The molecule has 41 heavy (non-hydrogen) atoms. The largest absolute Gasteiger partial charge is 0.448 e. The first-order valence-electron chi connectivity index (χ1n) is 13.3. The Balaban J connectivity index is 1.39. The summed E-state index contributed by atoms with van der Waals surface area (Å²) in [5, 5.41) is 0. The number of nitrogens with zero attached hydrogens (tertiary/aromatic N) is 3. The molecule has 1 unspecified atom stereocenters. The van der Waals surface area contributed by atoms with E-state index in [-0.39, 0.29) is 36.1 Å². The molecule has 2 aromatic rings. The number of halogens is 7. The van der Waals surface area contributed by atoms with Gasteiger partial charge in [0.05, 0.1) is 30.1 Å². The molecule has 3 saturated heterocycles. The van der Waals surface area contributed by atoms with E-state index in [0.717, 1.165) is 0 Å². The quantitative estimate of drug-likeness (QED) is 0.426. The molecule has 6 nitrogen and oxygen atoms in total. The van der Waals surface area contributed by atoms with Crippen molar-refractivity contribution >= 4 is 12.0 Å². The van der Waals surface area contributed by atoms with E-state index in [1.165, 1.54) is 17.0 Å². The van der Waals surface area contributed by atoms with Gasteiger partial charge in [0.1, 0.15) is 12.4 Å². The number of alkyl halides is 6. The fourth-order valence-electron chi connectivity index (χ4n) is 6.16. The highest BCUT2D eigenvalue weighted by Gasteiger charge is 2.46. The highest BCUT2D eigenvalue weighted by Crippen LogP contribution is 2.44. The molecule has 0 N–H and O–H groups in total. The number of fused-ring (bicyclic) bond motifs is 1. The van der Waals surface area contributed by atoms with Crippen LogP contribution in [0.25, 0.3) is 0 Å². The van der Waals surface area contributed by atoms with Gasteiger partial charge < -0.3 is 19.4 Å². The topological polar surface area (TPSA) is 53.1 Å². The average Bonchev–Trinajstić information content (AvgIpc) is 3.51. The summed E-state index contributed by atoms with van der Waals surface area (Å²) in [7, 11) is 0. The van der Waals surface area contributed by atoms with Crippen molar-refractivity contribution in [2.45, 2.75) is 31.2 Å². The second-order valence-electron chi connectivity index (χ2n) is 10.7. The Kier molecular flexibility index (Phi) is 7.92. The summed E-state index contributed by atoms with van der Waals surface area (Å²) in [5.41, 5.74) is -2.70. The SMILES string of the molecule is O=C1OCCN1CCN1CC2CCN(C(=O)Cc3cc(C(F)(F)F)cc(C(F)(F)F)c3)[C@@H](c3ccc(F)cc3)[C@@H]2C1. The van der Waals surface area contributed by atoms with Gasteiger partial charge in [0.15, 0.2) is 0 Å². The predicted octanol–water partition coefficient (Wildman–Crippen LogP) is 5.38. The number of carbonyl (C=O) groups is 2. The fourth-order valence-corrected chi connectivity index (χ4v) is 6.16. The average molecular weight is 588 g/mol. The molecule has 0 saturated carbocycles. The van der Waals surface area contributed by atoms with Crippen LogP contribution in [-0.4, -0.2) is 72.6 Å². The number of amides is 2. The molecule has 13 heteroatoms. The van der Waals surface area contributed by atoms with Crippen LogP contribution in [0.15, 0.2) is 42.5 Å². The standard InChI is InChI=1S/C28H28F7N3O3/c29-22-3-1-18(2-4-22)25-23-16-36(7-8-37-9-10-41-26(37)40)15-19(23)5-6-38(25)24(39)13-17-11-20(27(30,31)32)14-21(12-17)28(33,34)35/h1-4,11-12,14,19,23,25H,5-10,13,15-16H2/t19?,23-,25+/m1/s1. The highest BCUT2D eigenvalue weighted by atomic mass is 19.4. The second-order valence-corrected chi connectivity index (χ2v) is 10.7. The van der Waals surface area contributed by atoms with Crippen molar-refractivity contribution in [1.82, 2.24) is 14.7 Å². The molecule has 3 heterocycles. The summed E-state index contributed by atoms with van der Waals surface area (Å²) >= 11 is 0. The van der Waals surface area contributed by atoms with E-state index in [0.29, 0.717) is 63.4 Å². The van der Waals surface area contributed by atoms with Crippen molar-refractivity contribution in [2.24, 2.45) is 11.8 Å². The van der Waals surface area contributed by atoms with Gasteiger partial charge >= 0.3 is 18.4 Å². The summed E-state index contributed by atoms with van der Waals surface area (Å²) in [6.45, 7) is 3.40. The minimum Gasteiger partial charge on any atom is -0.448 e. The Labute approximate surface area is 231 Å². The molecule has 222 valence electrons. The van der Waals surface area contributed by atoms with E-state index in [2.05, 4.69) is 4.90 Å². The number of benzene rings is 2. The Morgan fingerprint density at radius 2 is 1.56 bits per heavy atom. The molecule has 3 atom stereocenters. The number of rotatable bonds is 6. The Hall–Kier alpha value is -3.35. The highest BCUT2D eigenvalue weighted by molar-refractivity contribution is 5.79. The molecular weight excluding hydrogens is 559 g/mol. The van der Waals surface area contributed by atoms with Gasteiger partial charge in [-0.05, 0) is 53.8 Å². The minimum absolute atomic E-state index is 0.0374. The van der Waals surface area contributed by atoms with E-state index in [1.54, 1.807) is 17.0 Å². The molecule has 2 amide bonds. The molecular formula is C28H28F7N3O3. The van der Waals surface area contributed by atoms with Gasteiger partial charge in [-0.3, -0.25) is 4.79 Å².